The number of likely N-dealkylation sites (N-methyl/N-ethyl adjacent to an activating group) is 2. The Morgan fingerprint density at radius 3 is 2.86 bits per heavy atom. The molecule has 4 unspecified atom stereocenters. The molecule has 188 valence electrons. The molecule has 2 aliphatic rings. The highest BCUT2D eigenvalue weighted by Gasteiger charge is 2.33. The van der Waals surface area contributed by atoms with E-state index in [-0.39, 0.29) is 11.9 Å². The van der Waals surface area contributed by atoms with Crippen molar-refractivity contribution in [2.24, 2.45) is 5.92 Å². The van der Waals surface area contributed by atoms with Crippen molar-refractivity contribution in [1.29, 1.82) is 0 Å². The maximum atomic E-state index is 13.4. The van der Waals surface area contributed by atoms with Crippen LogP contribution in [0.2, 0.25) is 0 Å². The summed E-state index contributed by atoms with van der Waals surface area (Å²) in [6, 6.07) is 8.32. The number of benzene rings is 1. The van der Waals surface area contributed by atoms with E-state index >= 15 is 0 Å². The minimum atomic E-state index is -0.0671. The number of nitrogens with two attached hydrogens (primary N) is 1. The highest BCUT2D eigenvalue weighted by atomic mass is 16.2. The van der Waals surface area contributed by atoms with Crippen LogP contribution in [-0.4, -0.2) is 64.9 Å². The van der Waals surface area contributed by atoms with Crippen molar-refractivity contribution >= 4 is 22.6 Å². The number of aromatic amines is 1. The molecule has 36 heavy (non-hydrogen) atoms. The van der Waals surface area contributed by atoms with Gasteiger partial charge in [0.05, 0.1) is 5.56 Å². The van der Waals surface area contributed by atoms with Gasteiger partial charge < -0.3 is 25.8 Å². The first-order chi connectivity index (χ1) is 17.4. The molecule has 4 atom stereocenters. The minimum absolute atomic E-state index is 0.0671. The van der Waals surface area contributed by atoms with Crippen LogP contribution in [0.4, 0.5) is 5.69 Å². The quantitative estimate of drug-likeness (QED) is 0.342. The molecular weight excluding hydrogens is 448 g/mol. The van der Waals surface area contributed by atoms with Crippen molar-refractivity contribution in [3.63, 3.8) is 0 Å². The zero-order chi connectivity index (χ0) is 25.4. The number of hydrogen-bond donors (Lipinski definition) is 3. The molecule has 0 fully saturated rings. The molecule has 1 aliphatic carbocycles. The fourth-order valence-corrected chi connectivity index (χ4v) is 5.43. The molecular formula is C29H36N6O. The molecule has 1 aliphatic heterocycles. The lowest BCUT2D eigenvalue weighted by atomic mass is 9.79. The van der Waals surface area contributed by atoms with Gasteiger partial charge in [-0.05, 0) is 62.5 Å². The molecule has 0 radical (unpaired) electrons. The van der Waals surface area contributed by atoms with E-state index in [9.17, 15) is 4.79 Å². The van der Waals surface area contributed by atoms with Crippen LogP contribution in [0.1, 0.15) is 42.1 Å². The Morgan fingerprint density at radius 2 is 2.06 bits per heavy atom. The molecule has 1 amide bonds. The zero-order valence-electron chi connectivity index (χ0n) is 21.5. The van der Waals surface area contributed by atoms with E-state index in [2.05, 4.69) is 72.8 Å². The van der Waals surface area contributed by atoms with Crippen LogP contribution in [0.15, 0.2) is 61.1 Å². The molecule has 0 bridgehead atoms. The number of hydrogen-bond acceptors (Lipinski definition) is 5. The number of amides is 1. The third-order valence-electron chi connectivity index (χ3n) is 7.88. The van der Waals surface area contributed by atoms with E-state index in [1.807, 2.05) is 31.4 Å². The highest BCUT2D eigenvalue weighted by Crippen LogP contribution is 2.39. The van der Waals surface area contributed by atoms with Crippen molar-refractivity contribution in [3.8, 4) is 11.1 Å². The molecule has 2 aromatic heterocycles. The lowest BCUT2D eigenvalue weighted by Gasteiger charge is -2.30. The average molecular weight is 485 g/mol. The number of nitrogens with one attached hydrogen (secondary N) is 2. The number of H-pyrrole nitrogens is 1. The van der Waals surface area contributed by atoms with Gasteiger partial charge in [-0.3, -0.25) is 4.79 Å². The first-order valence-corrected chi connectivity index (χ1v) is 12.8. The Bertz CT molecular complexity index is 1320. The van der Waals surface area contributed by atoms with Crippen LogP contribution in [0, 0.1) is 5.92 Å². The van der Waals surface area contributed by atoms with Gasteiger partial charge in [0.25, 0.3) is 5.91 Å². The number of fused-ring (bicyclic) bond motifs is 2. The summed E-state index contributed by atoms with van der Waals surface area (Å²) in [6.07, 6.45) is 13.8. The predicted molar refractivity (Wildman–Crippen MR) is 147 cm³/mol. The van der Waals surface area contributed by atoms with Gasteiger partial charge in [-0.2, -0.15) is 0 Å². The first kappa shape index (κ1) is 24.1. The number of aromatic nitrogens is 2. The summed E-state index contributed by atoms with van der Waals surface area (Å²) < 4.78 is 0. The monoisotopic (exact) mass is 484 g/mol. The number of carbonyl (C=O) groups excluding carboxylic acids is 1. The number of rotatable bonds is 7. The Kier molecular flexibility index (Phi) is 6.58. The van der Waals surface area contributed by atoms with Crippen LogP contribution in [0.25, 0.3) is 22.2 Å². The fourth-order valence-electron chi connectivity index (χ4n) is 5.43. The molecule has 5 rings (SSSR count). The first-order valence-electron chi connectivity index (χ1n) is 12.8. The summed E-state index contributed by atoms with van der Waals surface area (Å²) in [6.45, 7) is 5.92. The Morgan fingerprint density at radius 1 is 1.22 bits per heavy atom. The second kappa shape index (κ2) is 9.82. The topological polar surface area (TPSA) is 90.3 Å². The van der Waals surface area contributed by atoms with Crippen molar-refractivity contribution in [2.75, 3.05) is 32.9 Å². The van der Waals surface area contributed by atoms with Crippen LogP contribution in [-0.2, 0) is 0 Å². The van der Waals surface area contributed by atoms with Crippen LogP contribution in [0.5, 0.6) is 0 Å². The van der Waals surface area contributed by atoms with E-state index in [0.717, 1.165) is 41.7 Å². The van der Waals surface area contributed by atoms with E-state index in [1.165, 1.54) is 5.56 Å². The average Bonchev–Trinajstić information content (AvgIpc) is 3.54. The van der Waals surface area contributed by atoms with Crippen LogP contribution in [0.3, 0.4) is 0 Å². The van der Waals surface area contributed by atoms with Crippen LogP contribution >= 0.6 is 0 Å². The number of allylic oxidation sites excluding steroid dienone is 1. The van der Waals surface area contributed by atoms with Crippen molar-refractivity contribution in [1.82, 2.24) is 25.1 Å². The molecule has 7 heteroatoms. The molecule has 3 heterocycles. The van der Waals surface area contributed by atoms with Crippen molar-refractivity contribution in [2.45, 2.75) is 38.3 Å². The summed E-state index contributed by atoms with van der Waals surface area (Å²) >= 11 is 0. The summed E-state index contributed by atoms with van der Waals surface area (Å²) in [5.74, 6) is 0.718. The third-order valence-corrected chi connectivity index (χ3v) is 7.88. The Balaban J connectivity index is 1.45. The highest BCUT2D eigenvalue weighted by molar-refractivity contribution is 6.00. The summed E-state index contributed by atoms with van der Waals surface area (Å²) in [5, 5.41) is 4.67. The molecule has 0 saturated carbocycles. The van der Waals surface area contributed by atoms with Gasteiger partial charge in [0.2, 0.25) is 0 Å². The third kappa shape index (κ3) is 4.39. The van der Waals surface area contributed by atoms with Gasteiger partial charge >= 0.3 is 0 Å². The minimum Gasteiger partial charge on any atom is -0.398 e. The summed E-state index contributed by atoms with van der Waals surface area (Å²) in [4.78, 5) is 25.4. The standard InChI is InChI=1S/C29H36N6O/c1-5-34(3)17-18(2)35(4)29(36)24-13-20(9-10-26(24)30)21-14-23-25(16-33-28(23)32-15-21)22-8-6-7-19-11-12-31-27(19)22/h6-7,9-16,18-19,22,27,31H,5,8,17,30H2,1-4H3,(H,32,33). The van der Waals surface area contributed by atoms with E-state index in [4.69, 9.17) is 10.7 Å². The van der Waals surface area contributed by atoms with Gasteiger partial charge in [-0.15, -0.1) is 0 Å². The van der Waals surface area contributed by atoms with Crippen molar-refractivity contribution in [3.05, 3.63) is 72.2 Å². The lowest BCUT2D eigenvalue weighted by molar-refractivity contribution is 0.0718. The molecule has 4 N–H and O–H groups in total. The SMILES string of the molecule is CCN(C)CC(C)N(C)C(=O)c1cc(-c2cnc3[nH]cc(C4CC=CC5C=CNC54)c3c2)ccc1N. The lowest BCUT2D eigenvalue weighted by Crippen LogP contribution is -2.42. The second-order valence-electron chi connectivity index (χ2n) is 10.2. The zero-order valence-corrected chi connectivity index (χ0v) is 21.5. The number of nitrogen functional groups attached to an aromatic ring is 1. The predicted octanol–water partition coefficient (Wildman–Crippen LogP) is 4.37. The molecule has 1 aromatic carbocycles. The van der Waals surface area contributed by atoms with E-state index in [0.29, 0.717) is 29.1 Å². The molecule has 7 nitrogen and oxygen atoms in total. The Hall–Kier alpha value is -3.58. The number of anilines is 1. The summed E-state index contributed by atoms with van der Waals surface area (Å²) in [5.41, 5.74) is 11.4. The summed E-state index contributed by atoms with van der Waals surface area (Å²) in [7, 11) is 3.91. The number of pyridine rings is 1. The molecule has 3 aromatic rings. The maximum Gasteiger partial charge on any atom is 0.255 e. The van der Waals surface area contributed by atoms with E-state index in [1.54, 1.807) is 4.90 Å². The fraction of sp³-hybridized carbons (Fsp3) is 0.379. The molecule has 0 spiro atoms. The second-order valence-corrected chi connectivity index (χ2v) is 10.2. The maximum absolute atomic E-state index is 13.4. The van der Waals surface area contributed by atoms with Crippen LogP contribution < -0.4 is 11.1 Å². The van der Waals surface area contributed by atoms with Gasteiger partial charge in [-0.25, -0.2) is 4.98 Å². The Labute approximate surface area is 213 Å². The van der Waals surface area contributed by atoms with Gasteiger partial charge in [0, 0.05) is 66.5 Å². The van der Waals surface area contributed by atoms with Gasteiger partial charge in [0.1, 0.15) is 5.65 Å². The molecule has 0 saturated heterocycles. The van der Waals surface area contributed by atoms with Gasteiger partial charge in [0.15, 0.2) is 0 Å². The largest absolute Gasteiger partial charge is 0.398 e. The normalized spacial score (nSPS) is 21.5. The van der Waals surface area contributed by atoms with E-state index < -0.39 is 0 Å². The van der Waals surface area contributed by atoms with Gasteiger partial charge in [-0.1, -0.05) is 31.2 Å². The number of nitrogens with zero attached hydrogens (tertiary/aromatic N) is 3. The number of carbonyl (C=O) groups is 1. The van der Waals surface area contributed by atoms with Crippen molar-refractivity contribution < 1.29 is 4.79 Å². The smallest absolute Gasteiger partial charge is 0.255 e.